The Morgan fingerprint density at radius 3 is 2.30 bits per heavy atom. The molecule has 0 aromatic heterocycles. The largest absolute Gasteiger partial charge is 0.351 e. The Labute approximate surface area is 148 Å². The molecule has 1 aliphatic carbocycles. The molecular formula is C15H22Cl2N2O3S. The molecule has 0 heterocycles. The maximum absolute atomic E-state index is 13.0. The summed E-state index contributed by atoms with van der Waals surface area (Å²) in [5.41, 5.74) is 5.52. The van der Waals surface area contributed by atoms with Crippen LogP contribution in [0.4, 0.5) is 0 Å². The third-order valence-corrected chi connectivity index (χ3v) is 6.96. The number of carbonyl (C=O) groups is 1. The monoisotopic (exact) mass is 380 g/mol. The molecule has 130 valence electrons. The highest BCUT2D eigenvalue weighted by Gasteiger charge is 2.53. The minimum absolute atomic E-state index is 0. The maximum atomic E-state index is 13.0. The summed E-state index contributed by atoms with van der Waals surface area (Å²) >= 11 is 5.82. The molecule has 2 rings (SSSR count). The van der Waals surface area contributed by atoms with Crippen LogP contribution in [0.2, 0.25) is 5.02 Å². The summed E-state index contributed by atoms with van der Waals surface area (Å²) < 4.78 is 24.7. The first-order chi connectivity index (χ1) is 10.3. The smallest absolute Gasteiger partial charge is 0.242 e. The number of sulfone groups is 1. The lowest BCUT2D eigenvalue weighted by Gasteiger charge is -2.29. The number of carbonyl (C=O) groups excluding carboxylic acids is 1. The van der Waals surface area contributed by atoms with Gasteiger partial charge in [0.15, 0.2) is 14.6 Å². The highest BCUT2D eigenvalue weighted by atomic mass is 35.5. The number of hydrogen-bond acceptors (Lipinski definition) is 4. The van der Waals surface area contributed by atoms with Crippen molar-refractivity contribution >= 4 is 39.8 Å². The molecular weight excluding hydrogens is 359 g/mol. The number of halogens is 2. The predicted octanol–water partition coefficient (Wildman–Crippen LogP) is 2.31. The second-order valence-corrected chi connectivity index (χ2v) is 8.47. The molecule has 0 radical (unpaired) electrons. The fourth-order valence-corrected chi connectivity index (χ4v) is 5.02. The lowest BCUT2D eigenvalue weighted by molar-refractivity contribution is -0.124. The number of nitrogens with one attached hydrogen (secondary N) is 1. The molecule has 0 unspecified atom stereocenters. The number of hydrogen-bond donors (Lipinski definition) is 2. The first-order valence-corrected chi connectivity index (χ1v) is 9.21. The van der Waals surface area contributed by atoms with Gasteiger partial charge in [0.25, 0.3) is 0 Å². The highest BCUT2D eigenvalue weighted by Crippen LogP contribution is 2.41. The van der Waals surface area contributed by atoms with Crippen molar-refractivity contribution in [3.8, 4) is 0 Å². The van der Waals surface area contributed by atoms with E-state index in [1.54, 1.807) is 6.92 Å². The van der Waals surface area contributed by atoms with E-state index >= 15 is 0 Å². The van der Waals surface area contributed by atoms with E-state index < -0.39 is 20.5 Å². The van der Waals surface area contributed by atoms with Crippen molar-refractivity contribution < 1.29 is 13.2 Å². The van der Waals surface area contributed by atoms with Crippen LogP contribution in [0.15, 0.2) is 29.2 Å². The number of amides is 1. The van der Waals surface area contributed by atoms with E-state index in [4.69, 9.17) is 17.3 Å². The summed E-state index contributed by atoms with van der Waals surface area (Å²) in [4.78, 5) is 12.8. The van der Waals surface area contributed by atoms with E-state index in [1.165, 1.54) is 24.3 Å². The van der Waals surface area contributed by atoms with Gasteiger partial charge in [-0.3, -0.25) is 4.79 Å². The van der Waals surface area contributed by atoms with Crippen LogP contribution in [-0.2, 0) is 14.6 Å². The van der Waals surface area contributed by atoms with E-state index in [-0.39, 0.29) is 29.9 Å². The average molecular weight is 381 g/mol. The summed E-state index contributed by atoms with van der Waals surface area (Å²) in [6.45, 7) is 2.03. The molecule has 1 aromatic rings. The van der Waals surface area contributed by atoms with Crippen LogP contribution in [-0.4, -0.2) is 31.7 Å². The van der Waals surface area contributed by atoms with Gasteiger partial charge in [-0.15, -0.1) is 12.4 Å². The van der Waals surface area contributed by atoms with E-state index in [0.717, 1.165) is 12.8 Å². The van der Waals surface area contributed by atoms with Crippen molar-refractivity contribution in [2.45, 2.75) is 48.3 Å². The molecule has 1 aliphatic rings. The zero-order chi connectivity index (χ0) is 16.4. The quantitative estimate of drug-likeness (QED) is 0.819. The van der Waals surface area contributed by atoms with E-state index in [1.807, 2.05) is 0 Å². The molecule has 1 saturated carbocycles. The maximum Gasteiger partial charge on any atom is 0.242 e. The van der Waals surface area contributed by atoms with E-state index in [0.29, 0.717) is 17.9 Å². The zero-order valence-electron chi connectivity index (χ0n) is 12.9. The van der Waals surface area contributed by atoms with Crippen molar-refractivity contribution in [3.63, 3.8) is 0 Å². The first-order valence-electron chi connectivity index (χ1n) is 7.35. The highest BCUT2D eigenvalue weighted by molar-refractivity contribution is 7.93. The Bertz CT molecular complexity index is 641. The van der Waals surface area contributed by atoms with Gasteiger partial charge in [-0.25, -0.2) is 8.42 Å². The summed E-state index contributed by atoms with van der Waals surface area (Å²) in [6.07, 6.45) is 2.11. The summed E-state index contributed by atoms with van der Waals surface area (Å²) in [5, 5.41) is 3.19. The zero-order valence-corrected chi connectivity index (χ0v) is 15.3. The Kier molecular flexibility index (Phi) is 6.89. The normalized spacial score (nSPS) is 18.0. The Hall–Kier alpha value is -0.820. The van der Waals surface area contributed by atoms with Gasteiger partial charge in [-0.1, -0.05) is 24.4 Å². The first kappa shape index (κ1) is 20.2. The molecule has 1 amide bonds. The van der Waals surface area contributed by atoms with Crippen LogP contribution in [0, 0.1) is 0 Å². The second-order valence-electron chi connectivity index (χ2n) is 5.77. The van der Waals surface area contributed by atoms with Crippen molar-refractivity contribution in [1.29, 1.82) is 0 Å². The topological polar surface area (TPSA) is 89.3 Å². The summed E-state index contributed by atoms with van der Waals surface area (Å²) in [5.74, 6) is -0.446. The van der Waals surface area contributed by atoms with Gasteiger partial charge in [0.1, 0.15) is 0 Å². The molecule has 0 aliphatic heterocycles. The number of nitrogens with two attached hydrogens (primary N) is 1. The SMILES string of the molecule is C[C@@H](CN)NC(=O)C1(S(=O)(=O)c2ccc(Cl)cc2)CCCC1.Cl. The molecule has 1 aromatic carbocycles. The van der Waals surface area contributed by atoms with Crippen molar-refractivity contribution in [2.75, 3.05) is 6.54 Å². The van der Waals surface area contributed by atoms with Gasteiger partial charge < -0.3 is 11.1 Å². The molecule has 5 nitrogen and oxygen atoms in total. The van der Waals surface area contributed by atoms with Gasteiger partial charge in [0, 0.05) is 17.6 Å². The second kappa shape index (κ2) is 7.83. The standard InChI is InChI=1S/C15H21ClN2O3S.ClH/c1-11(10-17)18-14(19)15(8-2-3-9-15)22(20,21)13-6-4-12(16)5-7-13;/h4-7,11H,2-3,8-10,17H2,1H3,(H,18,19);1H/t11-;/m0./s1. The molecule has 1 fully saturated rings. The van der Waals surface area contributed by atoms with Gasteiger partial charge in [0.05, 0.1) is 4.90 Å². The Morgan fingerprint density at radius 2 is 1.83 bits per heavy atom. The predicted molar refractivity (Wildman–Crippen MR) is 93.7 cm³/mol. The lowest BCUT2D eigenvalue weighted by Crippen LogP contribution is -2.53. The van der Waals surface area contributed by atoms with Gasteiger partial charge in [-0.2, -0.15) is 0 Å². The average Bonchev–Trinajstić information content (AvgIpc) is 2.99. The van der Waals surface area contributed by atoms with Crippen LogP contribution in [0.25, 0.3) is 0 Å². The molecule has 8 heteroatoms. The molecule has 3 N–H and O–H groups in total. The molecule has 1 atom stereocenters. The van der Waals surface area contributed by atoms with Crippen molar-refractivity contribution in [3.05, 3.63) is 29.3 Å². The Morgan fingerprint density at radius 1 is 1.30 bits per heavy atom. The third-order valence-electron chi connectivity index (χ3n) is 4.19. The fourth-order valence-electron chi connectivity index (χ4n) is 2.82. The molecule has 23 heavy (non-hydrogen) atoms. The molecule has 0 bridgehead atoms. The third kappa shape index (κ3) is 3.82. The van der Waals surface area contributed by atoms with Crippen LogP contribution in [0.5, 0.6) is 0 Å². The van der Waals surface area contributed by atoms with E-state index in [9.17, 15) is 13.2 Å². The minimum Gasteiger partial charge on any atom is -0.351 e. The van der Waals surface area contributed by atoms with Gasteiger partial charge in [0.2, 0.25) is 5.91 Å². The number of rotatable bonds is 5. The van der Waals surface area contributed by atoms with Crippen molar-refractivity contribution in [2.24, 2.45) is 5.73 Å². The van der Waals surface area contributed by atoms with Gasteiger partial charge in [-0.05, 0) is 44.0 Å². The minimum atomic E-state index is -3.78. The summed E-state index contributed by atoms with van der Waals surface area (Å²) in [7, 11) is -3.78. The molecule has 0 spiro atoms. The van der Waals surface area contributed by atoms with Crippen molar-refractivity contribution in [1.82, 2.24) is 5.32 Å². The lowest BCUT2D eigenvalue weighted by atomic mass is 10.1. The Balaban J connectivity index is 0.00000264. The van der Waals surface area contributed by atoms with Crippen LogP contribution in [0.1, 0.15) is 32.6 Å². The van der Waals surface area contributed by atoms with Crippen LogP contribution in [0.3, 0.4) is 0 Å². The van der Waals surface area contributed by atoms with Crippen LogP contribution < -0.4 is 11.1 Å². The van der Waals surface area contributed by atoms with E-state index in [2.05, 4.69) is 5.32 Å². The fraction of sp³-hybridized carbons (Fsp3) is 0.533. The number of benzene rings is 1. The molecule has 0 saturated heterocycles. The van der Waals surface area contributed by atoms with Gasteiger partial charge >= 0.3 is 0 Å². The van der Waals surface area contributed by atoms with Crippen LogP contribution >= 0.6 is 24.0 Å². The summed E-state index contributed by atoms with van der Waals surface area (Å²) in [6, 6.07) is 5.70.